The lowest BCUT2D eigenvalue weighted by molar-refractivity contribution is -0.118. The number of rotatable bonds is 6. The molecular weight excluding hydrogens is 307 g/mol. The molecule has 2 aromatic rings. The van der Waals surface area contributed by atoms with E-state index in [-0.39, 0.29) is 18.3 Å². The fourth-order valence-electron chi connectivity index (χ4n) is 2.74. The van der Waals surface area contributed by atoms with Crippen LogP contribution in [0.4, 0.5) is 4.39 Å². The maximum absolute atomic E-state index is 13.2. The van der Waals surface area contributed by atoms with Crippen LogP contribution in [-0.4, -0.2) is 29.8 Å². The molecule has 2 N–H and O–H groups in total. The topological polar surface area (TPSA) is 63.4 Å². The molecule has 1 fully saturated rings. The number of carbonyl (C=O) groups excluding carboxylic acids is 2. The summed E-state index contributed by atoms with van der Waals surface area (Å²) in [7, 11) is 0. The first-order valence-electron chi connectivity index (χ1n) is 7.97. The van der Waals surface area contributed by atoms with E-state index < -0.39 is 5.91 Å². The molecule has 1 saturated carbocycles. The fourth-order valence-corrected chi connectivity index (χ4v) is 2.74. The summed E-state index contributed by atoms with van der Waals surface area (Å²) in [6, 6.07) is 13.2. The van der Waals surface area contributed by atoms with Gasteiger partial charge in [0.15, 0.2) is 0 Å². The first-order valence-corrected chi connectivity index (χ1v) is 7.97. The first-order chi connectivity index (χ1) is 11.5. The van der Waals surface area contributed by atoms with E-state index in [1.165, 1.54) is 17.0 Å². The third-order valence-electron chi connectivity index (χ3n) is 4.12. The molecule has 0 aliphatic heterocycles. The quantitative estimate of drug-likeness (QED) is 0.887. The summed E-state index contributed by atoms with van der Waals surface area (Å²) in [6.07, 6.45) is 2.14. The van der Waals surface area contributed by atoms with Gasteiger partial charge in [-0.05, 0) is 48.1 Å². The van der Waals surface area contributed by atoms with Crippen LogP contribution in [0.25, 0.3) is 11.1 Å². The Hall–Kier alpha value is -2.69. The van der Waals surface area contributed by atoms with Gasteiger partial charge >= 0.3 is 0 Å². The van der Waals surface area contributed by atoms with Crippen molar-refractivity contribution in [3.8, 4) is 11.1 Å². The zero-order valence-electron chi connectivity index (χ0n) is 13.2. The van der Waals surface area contributed by atoms with Gasteiger partial charge < -0.3 is 10.6 Å². The van der Waals surface area contributed by atoms with Crippen LogP contribution >= 0.6 is 0 Å². The normalized spacial score (nSPS) is 13.5. The Morgan fingerprint density at radius 1 is 1.08 bits per heavy atom. The summed E-state index contributed by atoms with van der Waals surface area (Å²) in [6.45, 7) is 0.451. The van der Waals surface area contributed by atoms with Gasteiger partial charge in [0.2, 0.25) is 5.91 Å². The number of nitrogens with zero attached hydrogens (tertiary/aromatic N) is 1. The molecule has 5 heteroatoms. The minimum absolute atomic E-state index is 0.0902. The van der Waals surface area contributed by atoms with Crippen LogP contribution in [0.15, 0.2) is 48.5 Å². The Bertz CT molecular complexity index is 754. The number of carbonyl (C=O) groups is 2. The zero-order chi connectivity index (χ0) is 17.1. The van der Waals surface area contributed by atoms with Gasteiger partial charge in [-0.3, -0.25) is 9.59 Å². The third kappa shape index (κ3) is 3.79. The predicted molar refractivity (Wildman–Crippen MR) is 89.7 cm³/mol. The Labute approximate surface area is 140 Å². The molecule has 0 atom stereocenters. The molecular formula is C19H19FN2O2. The van der Waals surface area contributed by atoms with E-state index in [0.29, 0.717) is 23.6 Å². The summed E-state index contributed by atoms with van der Waals surface area (Å²) < 4.78 is 13.2. The Kier molecular flexibility index (Phi) is 4.60. The van der Waals surface area contributed by atoms with Gasteiger partial charge in [0.25, 0.3) is 5.91 Å². The average molecular weight is 326 g/mol. The van der Waals surface area contributed by atoms with Crippen molar-refractivity contribution >= 4 is 11.8 Å². The van der Waals surface area contributed by atoms with Crippen molar-refractivity contribution in [3.05, 3.63) is 59.9 Å². The highest BCUT2D eigenvalue weighted by molar-refractivity contribution is 6.02. The maximum atomic E-state index is 13.2. The molecule has 1 aliphatic rings. The number of primary amides is 1. The highest BCUT2D eigenvalue weighted by Gasteiger charge is 2.29. The maximum Gasteiger partial charge on any atom is 0.254 e. The second-order valence-electron chi connectivity index (χ2n) is 6.15. The van der Waals surface area contributed by atoms with Crippen molar-refractivity contribution in [3.63, 3.8) is 0 Å². The van der Waals surface area contributed by atoms with Gasteiger partial charge in [0, 0.05) is 12.1 Å². The second kappa shape index (κ2) is 6.83. The summed E-state index contributed by atoms with van der Waals surface area (Å²) in [5.74, 6) is -0.623. The van der Waals surface area contributed by atoms with Crippen molar-refractivity contribution < 1.29 is 14.0 Å². The highest BCUT2D eigenvalue weighted by Crippen LogP contribution is 2.31. The van der Waals surface area contributed by atoms with Crippen LogP contribution in [0.2, 0.25) is 0 Å². The summed E-state index contributed by atoms with van der Waals surface area (Å²) >= 11 is 0. The molecule has 0 heterocycles. The van der Waals surface area contributed by atoms with Crippen molar-refractivity contribution in [2.24, 2.45) is 11.7 Å². The number of halogens is 1. The summed E-state index contributed by atoms with van der Waals surface area (Å²) in [5.41, 5.74) is 7.26. The van der Waals surface area contributed by atoms with Crippen molar-refractivity contribution in [1.29, 1.82) is 0 Å². The van der Waals surface area contributed by atoms with Gasteiger partial charge in [-0.15, -0.1) is 0 Å². The molecule has 3 rings (SSSR count). The van der Waals surface area contributed by atoms with Crippen LogP contribution in [0.1, 0.15) is 23.2 Å². The molecule has 4 nitrogen and oxygen atoms in total. The van der Waals surface area contributed by atoms with E-state index in [1.807, 2.05) is 12.1 Å². The monoisotopic (exact) mass is 326 g/mol. The molecule has 1 aliphatic carbocycles. The summed E-state index contributed by atoms with van der Waals surface area (Å²) in [4.78, 5) is 25.8. The zero-order valence-corrected chi connectivity index (χ0v) is 13.2. The molecule has 0 unspecified atom stereocenters. The minimum atomic E-state index is -0.525. The van der Waals surface area contributed by atoms with Crippen LogP contribution < -0.4 is 5.73 Å². The highest BCUT2D eigenvalue weighted by atomic mass is 19.1. The molecule has 2 aromatic carbocycles. The number of benzene rings is 2. The van der Waals surface area contributed by atoms with Crippen LogP contribution in [0, 0.1) is 11.7 Å². The smallest absolute Gasteiger partial charge is 0.254 e. The molecule has 24 heavy (non-hydrogen) atoms. The van der Waals surface area contributed by atoms with Crippen molar-refractivity contribution in [1.82, 2.24) is 4.90 Å². The SMILES string of the molecule is NC(=O)CN(CC1CC1)C(=O)c1ccccc1-c1ccc(F)cc1. The Morgan fingerprint density at radius 2 is 1.75 bits per heavy atom. The lowest BCUT2D eigenvalue weighted by Gasteiger charge is -2.22. The predicted octanol–water partition coefficient (Wildman–Crippen LogP) is 2.83. The number of hydrogen-bond donors (Lipinski definition) is 1. The van der Waals surface area contributed by atoms with E-state index >= 15 is 0 Å². The van der Waals surface area contributed by atoms with Crippen molar-refractivity contribution in [2.45, 2.75) is 12.8 Å². The fraction of sp³-hybridized carbons (Fsp3) is 0.263. The summed E-state index contributed by atoms with van der Waals surface area (Å²) in [5, 5.41) is 0. The molecule has 0 aromatic heterocycles. The average Bonchev–Trinajstić information content (AvgIpc) is 3.38. The van der Waals surface area contributed by atoms with Gasteiger partial charge in [-0.25, -0.2) is 4.39 Å². The van der Waals surface area contributed by atoms with Gasteiger partial charge in [0.1, 0.15) is 5.82 Å². The van der Waals surface area contributed by atoms with E-state index in [2.05, 4.69) is 0 Å². The van der Waals surface area contributed by atoms with Crippen molar-refractivity contribution in [2.75, 3.05) is 13.1 Å². The third-order valence-corrected chi connectivity index (χ3v) is 4.12. The van der Waals surface area contributed by atoms with Gasteiger partial charge in [-0.2, -0.15) is 0 Å². The van der Waals surface area contributed by atoms with Gasteiger partial charge in [0.05, 0.1) is 6.54 Å². The second-order valence-corrected chi connectivity index (χ2v) is 6.15. The molecule has 0 spiro atoms. The minimum Gasteiger partial charge on any atom is -0.368 e. The van der Waals surface area contributed by atoms with E-state index in [4.69, 9.17) is 5.73 Å². The molecule has 0 radical (unpaired) electrons. The van der Waals surface area contributed by atoms with Crippen LogP contribution in [-0.2, 0) is 4.79 Å². The lowest BCUT2D eigenvalue weighted by atomic mass is 9.98. The Morgan fingerprint density at radius 3 is 2.38 bits per heavy atom. The first kappa shape index (κ1) is 16.2. The molecule has 124 valence electrons. The van der Waals surface area contributed by atoms with E-state index in [0.717, 1.165) is 18.4 Å². The lowest BCUT2D eigenvalue weighted by Crippen LogP contribution is -2.39. The molecule has 2 amide bonds. The largest absolute Gasteiger partial charge is 0.368 e. The molecule has 0 saturated heterocycles. The van der Waals surface area contributed by atoms with Crippen LogP contribution in [0.5, 0.6) is 0 Å². The van der Waals surface area contributed by atoms with Crippen LogP contribution in [0.3, 0.4) is 0 Å². The van der Waals surface area contributed by atoms with E-state index in [1.54, 1.807) is 24.3 Å². The molecule has 0 bridgehead atoms. The van der Waals surface area contributed by atoms with Gasteiger partial charge in [-0.1, -0.05) is 30.3 Å². The Balaban J connectivity index is 1.93. The number of amides is 2. The van der Waals surface area contributed by atoms with E-state index in [9.17, 15) is 14.0 Å². The standard InChI is InChI=1S/C19H19FN2O2/c20-15-9-7-14(8-10-15)16-3-1-2-4-17(16)19(24)22(12-18(21)23)11-13-5-6-13/h1-4,7-10,13H,5-6,11-12H2,(H2,21,23). The number of nitrogens with two attached hydrogens (primary N) is 1. The number of hydrogen-bond acceptors (Lipinski definition) is 2.